The van der Waals surface area contributed by atoms with Crippen molar-refractivity contribution in [2.45, 2.75) is 44.5 Å². The predicted molar refractivity (Wildman–Crippen MR) is 87.8 cm³/mol. The number of sulfone groups is 1. The number of imidazole rings is 1. The maximum atomic E-state index is 13.0. The van der Waals surface area contributed by atoms with Crippen LogP contribution in [0.4, 0.5) is 23.8 Å². The molecule has 7 nitrogen and oxygen atoms in total. The van der Waals surface area contributed by atoms with Gasteiger partial charge in [0, 0.05) is 6.20 Å². The molecule has 2 aromatic rings. The molecule has 0 saturated heterocycles. The van der Waals surface area contributed by atoms with Gasteiger partial charge in [0.15, 0.2) is 20.7 Å². The molecule has 11 heteroatoms. The third-order valence-corrected chi connectivity index (χ3v) is 4.94. The molecule has 144 valence electrons. The third kappa shape index (κ3) is 4.26. The van der Waals surface area contributed by atoms with Crippen LogP contribution in [0.1, 0.15) is 33.3 Å². The van der Waals surface area contributed by atoms with E-state index in [0.29, 0.717) is 6.20 Å². The number of anilines is 1. The summed E-state index contributed by atoms with van der Waals surface area (Å²) in [5.74, 6) is -0.777. The zero-order valence-electron chi connectivity index (χ0n) is 14.5. The smallest absolute Gasteiger partial charge is 0.417 e. The minimum absolute atomic E-state index is 0.0592. The number of hydrogen-bond donors (Lipinski definition) is 1. The first kappa shape index (κ1) is 20.0. The van der Waals surface area contributed by atoms with E-state index in [-0.39, 0.29) is 17.2 Å². The number of nitrogens with one attached hydrogen (secondary N) is 1. The van der Waals surface area contributed by atoms with Crippen LogP contribution < -0.4 is 5.32 Å². The van der Waals surface area contributed by atoms with E-state index in [1.807, 2.05) is 0 Å². The van der Waals surface area contributed by atoms with Crippen molar-refractivity contribution in [3.8, 4) is 0 Å². The Kier molecular flexibility index (Phi) is 4.97. The highest BCUT2D eigenvalue weighted by Gasteiger charge is 2.33. The van der Waals surface area contributed by atoms with Crippen molar-refractivity contribution in [2.24, 2.45) is 0 Å². The van der Waals surface area contributed by atoms with Crippen LogP contribution in [-0.2, 0) is 20.8 Å². The number of halogens is 3. The Morgan fingerprint density at radius 3 is 2.38 bits per heavy atom. The molecule has 0 aliphatic heterocycles. The van der Waals surface area contributed by atoms with Gasteiger partial charge in [0.1, 0.15) is 11.2 Å². The molecular formula is C15H18F3N3O4S. The van der Waals surface area contributed by atoms with Gasteiger partial charge in [-0.25, -0.2) is 18.2 Å². The fourth-order valence-electron chi connectivity index (χ4n) is 2.11. The van der Waals surface area contributed by atoms with Crippen molar-refractivity contribution < 1.29 is 31.1 Å². The highest BCUT2D eigenvalue weighted by atomic mass is 32.2. The monoisotopic (exact) mass is 393 g/mol. The standard InChI is InChI=1S/C15H18F3N3O4S/c1-5-26(23,24)12-11(20-13(22)25-14(2,3)4)19-10-7-6-9(8-21(10)12)15(16,17)18/h6-8H,5H2,1-4H3,(H,20,22). The van der Waals surface area contributed by atoms with E-state index in [2.05, 4.69) is 10.3 Å². The molecule has 0 saturated carbocycles. The quantitative estimate of drug-likeness (QED) is 0.862. The molecule has 0 radical (unpaired) electrons. The Balaban J connectivity index is 2.63. The van der Waals surface area contributed by atoms with E-state index < -0.39 is 38.3 Å². The molecule has 0 atom stereocenters. The number of rotatable bonds is 3. The summed E-state index contributed by atoms with van der Waals surface area (Å²) in [6.45, 7) is 6.15. The van der Waals surface area contributed by atoms with Crippen LogP contribution in [0.25, 0.3) is 5.65 Å². The van der Waals surface area contributed by atoms with E-state index in [1.165, 1.54) is 6.92 Å². The lowest BCUT2D eigenvalue weighted by atomic mass is 10.2. The maximum absolute atomic E-state index is 13.0. The lowest BCUT2D eigenvalue weighted by Crippen LogP contribution is -2.28. The summed E-state index contributed by atoms with van der Waals surface area (Å²) in [4.78, 5) is 15.9. The van der Waals surface area contributed by atoms with Gasteiger partial charge in [-0.1, -0.05) is 6.92 Å². The predicted octanol–water partition coefficient (Wildman–Crippen LogP) is 3.49. The van der Waals surface area contributed by atoms with Gasteiger partial charge in [-0.05, 0) is 32.9 Å². The minimum atomic E-state index is -4.66. The number of ether oxygens (including phenoxy) is 1. The normalized spacial score (nSPS) is 13.0. The van der Waals surface area contributed by atoms with Crippen molar-refractivity contribution in [1.29, 1.82) is 0 Å². The van der Waals surface area contributed by atoms with Crippen LogP contribution in [0.15, 0.2) is 23.4 Å². The van der Waals surface area contributed by atoms with Crippen LogP contribution in [0, 0.1) is 0 Å². The van der Waals surface area contributed by atoms with Crippen LogP contribution in [0.2, 0.25) is 0 Å². The summed E-state index contributed by atoms with van der Waals surface area (Å²) in [5, 5.41) is 1.67. The van der Waals surface area contributed by atoms with E-state index in [4.69, 9.17) is 4.74 Å². The molecule has 0 unspecified atom stereocenters. The average Bonchev–Trinajstić information content (AvgIpc) is 2.81. The third-order valence-electron chi connectivity index (χ3n) is 3.20. The van der Waals surface area contributed by atoms with Crippen molar-refractivity contribution in [3.63, 3.8) is 0 Å². The zero-order valence-corrected chi connectivity index (χ0v) is 15.3. The van der Waals surface area contributed by atoms with Crippen molar-refractivity contribution in [1.82, 2.24) is 9.38 Å². The second-order valence-corrected chi connectivity index (χ2v) is 8.63. The van der Waals surface area contributed by atoms with Gasteiger partial charge in [0.25, 0.3) is 0 Å². The summed E-state index contributed by atoms with van der Waals surface area (Å²) in [5.41, 5.74) is -1.95. The fraction of sp³-hybridized carbons (Fsp3) is 0.467. The molecule has 2 rings (SSSR count). The topological polar surface area (TPSA) is 89.8 Å². The first-order valence-corrected chi connectivity index (χ1v) is 9.22. The molecule has 0 spiro atoms. The van der Waals surface area contributed by atoms with Crippen LogP contribution in [0.3, 0.4) is 0 Å². The molecule has 0 aliphatic rings. The number of alkyl halides is 3. The molecule has 2 heterocycles. The van der Waals surface area contributed by atoms with E-state index in [1.54, 1.807) is 20.8 Å². The highest BCUT2D eigenvalue weighted by molar-refractivity contribution is 7.91. The van der Waals surface area contributed by atoms with Gasteiger partial charge >= 0.3 is 12.3 Å². The average molecular weight is 393 g/mol. The Labute approximate surface area is 148 Å². The van der Waals surface area contributed by atoms with Crippen molar-refractivity contribution in [2.75, 3.05) is 11.1 Å². The number of carbonyl (C=O) groups is 1. The zero-order chi connectivity index (χ0) is 19.9. The SMILES string of the molecule is CCS(=O)(=O)c1c(NC(=O)OC(C)(C)C)nc2ccc(C(F)(F)F)cn12. The Morgan fingerprint density at radius 1 is 1.27 bits per heavy atom. The molecule has 2 aromatic heterocycles. The maximum Gasteiger partial charge on any atom is 0.417 e. The van der Waals surface area contributed by atoms with Gasteiger partial charge in [-0.2, -0.15) is 13.2 Å². The van der Waals surface area contributed by atoms with Gasteiger partial charge < -0.3 is 4.74 Å². The van der Waals surface area contributed by atoms with Crippen LogP contribution in [-0.4, -0.2) is 35.2 Å². The summed E-state index contributed by atoms with van der Waals surface area (Å²) in [6, 6.07) is 1.81. The van der Waals surface area contributed by atoms with Crippen molar-refractivity contribution in [3.05, 3.63) is 23.9 Å². The van der Waals surface area contributed by atoms with E-state index in [9.17, 15) is 26.4 Å². The Morgan fingerprint density at radius 2 is 1.88 bits per heavy atom. The number of aromatic nitrogens is 2. The van der Waals surface area contributed by atoms with Gasteiger partial charge in [0.05, 0.1) is 11.3 Å². The lowest BCUT2D eigenvalue weighted by molar-refractivity contribution is -0.137. The number of hydrogen-bond acceptors (Lipinski definition) is 5. The van der Waals surface area contributed by atoms with E-state index in [0.717, 1.165) is 16.5 Å². The summed E-state index contributed by atoms with van der Waals surface area (Å²) < 4.78 is 69.5. The minimum Gasteiger partial charge on any atom is -0.444 e. The summed E-state index contributed by atoms with van der Waals surface area (Å²) in [7, 11) is -4.00. The molecule has 1 amide bonds. The number of fused-ring (bicyclic) bond motifs is 1. The van der Waals surface area contributed by atoms with Gasteiger partial charge in [-0.3, -0.25) is 9.72 Å². The second-order valence-electron chi connectivity index (χ2n) is 6.44. The van der Waals surface area contributed by atoms with Crippen molar-refractivity contribution >= 4 is 27.4 Å². The van der Waals surface area contributed by atoms with Gasteiger partial charge in [0.2, 0.25) is 0 Å². The molecule has 1 N–H and O–H groups in total. The molecule has 0 aromatic carbocycles. The summed E-state index contributed by atoms with van der Waals surface area (Å²) >= 11 is 0. The Hall–Kier alpha value is -2.30. The number of pyridine rings is 1. The van der Waals surface area contributed by atoms with Crippen LogP contribution >= 0.6 is 0 Å². The fourth-order valence-corrected chi connectivity index (χ4v) is 3.22. The molecule has 0 aliphatic carbocycles. The summed E-state index contributed by atoms with van der Waals surface area (Å²) in [6.07, 6.45) is -5.00. The Bertz CT molecular complexity index is 943. The largest absolute Gasteiger partial charge is 0.444 e. The first-order valence-electron chi connectivity index (χ1n) is 7.56. The van der Waals surface area contributed by atoms with Crippen LogP contribution in [0.5, 0.6) is 0 Å². The molecule has 0 fully saturated rings. The highest BCUT2D eigenvalue weighted by Crippen LogP contribution is 2.32. The molecule has 0 bridgehead atoms. The molecular weight excluding hydrogens is 375 g/mol. The van der Waals surface area contributed by atoms with Gasteiger partial charge in [-0.15, -0.1) is 0 Å². The number of amides is 1. The number of carbonyl (C=O) groups excluding carboxylic acids is 1. The van der Waals surface area contributed by atoms with E-state index >= 15 is 0 Å². The molecule has 26 heavy (non-hydrogen) atoms. The number of nitrogens with zero attached hydrogens (tertiary/aromatic N) is 2. The second kappa shape index (κ2) is 6.45. The first-order chi connectivity index (χ1) is 11.7. The lowest BCUT2D eigenvalue weighted by Gasteiger charge is -2.19.